The molecular weight excluding hydrogens is 238 g/mol. The van der Waals surface area contributed by atoms with Crippen LogP contribution in [0.2, 0.25) is 0 Å². The summed E-state index contributed by atoms with van der Waals surface area (Å²) in [5, 5.41) is 8.64. The number of carboxylic acid groups (broad SMARTS) is 1. The summed E-state index contributed by atoms with van der Waals surface area (Å²) < 4.78 is 0. The van der Waals surface area contributed by atoms with Crippen LogP contribution in [0.3, 0.4) is 0 Å². The minimum Gasteiger partial charge on any atom is -0.481 e. The normalized spacial score (nSPS) is 10.2. The average molecular weight is 259 g/mol. The first kappa shape index (κ1) is 16.2. The fourth-order valence-electron chi connectivity index (χ4n) is 1.48. The van der Waals surface area contributed by atoms with Crippen molar-refractivity contribution in [1.82, 2.24) is 9.80 Å². The van der Waals surface area contributed by atoms with Crippen LogP contribution in [-0.4, -0.2) is 58.5 Å². The lowest BCUT2D eigenvalue weighted by molar-refractivity contribution is -0.137. The number of urea groups is 1. The van der Waals surface area contributed by atoms with Crippen molar-refractivity contribution in [3.05, 3.63) is 0 Å². The molecule has 0 unspecified atom stereocenters. The second-order valence-electron chi connectivity index (χ2n) is 4.19. The number of rotatable bonds is 7. The van der Waals surface area contributed by atoms with Gasteiger partial charge in [0.2, 0.25) is 5.91 Å². The van der Waals surface area contributed by atoms with Crippen LogP contribution in [0.4, 0.5) is 4.79 Å². The summed E-state index contributed by atoms with van der Waals surface area (Å²) in [6, 6.07) is -0.508. The molecule has 0 rings (SSSR count). The SMILES string of the molecule is CCN(CC(N)=O)C(=O)N(CCC(=O)O)C(C)C. The maximum absolute atomic E-state index is 12.1. The van der Waals surface area contributed by atoms with E-state index >= 15 is 0 Å². The number of aliphatic carboxylic acids is 1. The molecule has 3 amide bonds. The average Bonchev–Trinajstić information content (AvgIpc) is 2.24. The van der Waals surface area contributed by atoms with Crippen LogP contribution >= 0.6 is 0 Å². The first-order valence-electron chi connectivity index (χ1n) is 5.85. The third kappa shape index (κ3) is 5.51. The second kappa shape index (κ2) is 7.52. The summed E-state index contributed by atoms with van der Waals surface area (Å²) in [6.07, 6.45) is -0.127. The van der Waals surface area contributed by atoms with E-state index < -0.39 is 11.9 Å². The first-order chi connectivity index (χ1) is 8.29. The quantitative estimate of drug-likeness (QED) is 0.676. The van der Waals surface area contributed by atoms with E-state index in [1.807, 2.05) is 0 Å². The lowest BCUT2D eigenvalue weighted by Crippen LogP contribution is -2.49. The maximum Gasteiger partial charge on any atom is 0.320 e. The molecule has 0 spiro atoms. The molecule has 7 nitrogen and oxygen atoms in total. The number of nitrogens with two attached hydrogens (primary N) is 1. The highest BCUT2D eigenvalue weighted by Crippen LogP contribution is 2.06. The third-order valence-electron chi connectivity index (χ3n) is 2.43. The number of carbonyl (C=O) groups is 3. The molecule has 0 saturated carbocycles. The van der Waals surface area contributed by atoms with Crippen LogP contribution in [0.1, 0.15) is 27.2 Å². The summed E-state index contributed by atoms with van der Waals surface area (Å²) in [5.74, 6) is -1.56. The Hall–Kier alpha value is -1.79. The fourth-order valence-corrected chi connectivity index (χ4v) is 1.48. The monoisotopic (exact) mass is 259 g/mol. The largest absolute Gasteiger partial charge is 0.481 e. The summed E-state index contributed by atoms with van der Waals surface area (Å²) in [5.41, 5.74) is 5.06. The number of nitrogens with zero attached hydrogens (tertiary/aromatic N) is 2. The lowest BCUT2D eigenvalue weighted by atomic mass is 10.3. The summed E-state index contributed by atoms with van der Waals surface area (Å²) in [4.78, 5) is 36.2. The van der Waals surface area contributed by atoms with E-state index in [-0.39, 0.29) is 31.6 Å². The van der Waals surface area contributed by atoms with Crippen molar-refractivity contribution in [2.75, 3.05) is 19.6 Å². The Morgan fingerprint density at radius 2 is 1.83 bits per heavy atom. The van der Waals surface area contributed by atoms with Gasteiger partial charge in [0, 0.05) is 19.1 Å². The molecule has 0 saturated heterocycles. The van der Waals surface area contributed by atoms with E-state index in [1.54, 1.807) is 20.8 Å². The molecule has 104 valence electrons. The van der Waals surface area contributed by atoms with Gasteiger partial charge in [0.25, 0.3) is 0 Å². The molecule has 0 aromatic carbocycles. The minimum absolute atomic E-state index is 0.112. The molecule has 0 atom stereocenters. The van der Waals surface area contributed by atoms with Gasteiger partial charge in [0.1, 0.15) is 6.54 Å². The van der Waals surface area contributed by atoms with Gasteiger partial charge in [0.05, 0.1) is 6.42 Å². The van der Waals surface area contributed by atoms with Crippen molar-refractivity contribution >= 4 is 17.9 Å². The van der Waals surface area contributed by atoms with E-state index in [0.717, 1.165) is 0 Å². The highest BCUT2D eigenvalue weighted by atomic mass is 16.4. The van der Waals surface area contributed by atoms with Crippen LogP contribution in [0, 0.1) is 0 Å². The topological polar surface area (TPSA) is 104 Å². The van der Waals surface area contributed by atoms with E-state index in [2.05, 4.69) is 0 Å². The first-order valence-corrected chi connectivity index (χ1v) is 5.85. The zero-order valence-corrected chi connectivity index (χ0v) is 11.0. The van der Waals surface area contributed by atoms with Crippen LogP contribution in [0.15, 0.2) is 0 Å². The Labute approximate surface area is 107 Å². The molecule has 0 aliphatic rings. The van der Waals surface area contributed by atoms with Crippen molar-refractivity contribution < 1.29 is 19.5 Å². The van der Waals surface area contributed by atoms with Gasteiger partial charge in [-0.2, -0.15) is 0 Å². The molecule has 0 aromatic rings. The van der Waals surface area contributed by atoms with Crippen molar-refractivity contribution in [3.8, 4) is 0 Å². The van der Waals surface area contributed by atoms with E-state index in [1.165, 1.54) is 9.80 Å². The van der Waals surface area contributed by atoms with Gasteiger partial charge in [-0.1, -0.05) is 0 Å². The Balaban J connectivity index is 4.71. The van der Waals surface area contributed by atoms with E-state index in [0.29, 0.717) is 6.54 Å². The number of carboxylic acids is 1. The third-order valence-corrected chi connectivity index (χ3v) is 2.43. The van der Waals surface area contributed by atoms with Gasteiger partial charge in [-0.3, -0.25) is 9.59 Å². The van der Waals surface area contributed by atoms with Crippen LogP contribution in [0.5, 0.6) is 0 Å². The lowest BCUT2D eigenvalue weighted by Gasteiger charge is -2.31. The summed E-state index contributed by atoms with van der Waals surface area (Å²) >= 11 is 0. The molecule has 0 aliphatic heterocycles. The molecule has 3 N–H and O–H groups in total. The summed E-state index contributed by atoms with van der Waals surface area (Å²) in [7, 11) is 0. The van der Waals surface area contributed by atoms with Gasteiger partial charge in [-0.05, 0) is 20.8 Å². The van der Waals surface area contributed by atoms with E-state index in [4.69, 9.17) is 10.8 Å². The number of hydrogen-bond donors (Lipinski definition) is 2. The molecule has 0 aromatic heterocycles. The predicted molar refractivity (Wildman–Crippen MR) is 65.9 cm³/mol. The van der Waals surface area contributed by atoms with Gasteiger partial charge in [0.15, 0.2) is 0 Å². The number of amides is 3. The minimum atomic E-state index is -0.966. The van der Waals surface area contributed by atoms with Crippen molar-refractivity contribution in [2.24, 2.45) is 5.73 Å². The van der Waals surface area contributed by atoms with E-state index in [9.17, 15) is 14.4 Å². The highest BCUT2D eigenvalue weighted by molar-refractivity contribution is 5.83. The summed E-state index contributed by atoms with van der Waals surface area (Å²) in [6.45, 7) is 5.61. The second-order valence-corrected chi connectivity index (χ2v) is 4.19. The van der Waals surface area contributed by atoms with Gasteiger partial charge >= 0.3 is 12.0 Å². The van der Waals surface area contributed by atoms with Crippen LogP contribution in [-0.2, 0) is 9.59 Å². The van der Waals surface area contributed by atoms with Crippen molar-refractivity contribution in [1.29, 1.82) is 0 Å². The molecule has 0 heterocycles. The number of carbonyl (C=O) groups excluding carboxylic acids is 2. The smallest absolute Gasteiger partial charge is 0.320 e. The molecule has 18 heavy (non-hydrogen) atoms. The molecule has 0 radical (unpaired) electrons. The molecular formula is C11H21N3O4. The highest BCUT2D eigenvalue weighted by Gasteiger charge is 2.23. The van der Waals surface area contributed by atoms with Crippen molar-refractivity contribution in [2.45, 2.75) is 33.2 Å². The number of primary amides is 1. The molecule has 0 fully saturated rings. The molecule has 0 bridgehead atoms. The standard InChI is InChI=1S/C11H21N3O4/c1-4-13(7-9(12)15)11(18)14(8(2)3)6-5-10(16)17/h8H,4-7H2,1-3H3,(H2,12,15)(H,16,17). The number of hydrogen-bond acceptors (Lipinski definition) is 3. The Bertz CT molecular complexity index is 317. The van der Waals surface area contributed by atoms with Crippen molar-refractivity contribution in [3.63, 3.8) is 0 Å². The Morgan fingerprint density at radius 1 is 1.28 bits per heavy atom. The Morgan fingerprint density at radius 3 is 2.17 bits per heavy atom. The molecule has 7 heteroatoms. The van der Waals surface area contributed by atoms with Crippen LogP contribution in [0.25, 0.3) is 0 Å². The zero-order chi connectivity index (χ0) is 14.3. The molecule has 0 aliphatic carbocycles. The predicted octanol–water partition coefficient (Wildman–Crippen LogP) is 0.0987. The number of likely N-dealkylation sites (N-methyl/N-ethyl adjacent to an activating group) is 1. The fraction of sp³-hybridized carbons (Fsp3) is 0.727. The van der Waals surface area contributed by atoms with Gasteiger partial charge in [-0.15, -0.1) is 0 Å². The van der Waals surface area contributed by atoms with Gasteiger partial charge < -0.3 is 20.6 Å². The maximum atomic E-state index is 12.1. The van der Waals surface area contributed by atoms with Crippen LogP contribution < -0.4 is 5.73 Å². The Kier molecular flexibility index (Phi) is 6.77. The van der Waals surface area contributed by atoms with Gasteiger partial charge in [-0.25, -0.2) is 4.79 Å². The zero-order valence-electron chi connectivity index (χ0n) is 11.0.